The van der Waals surface area contributed by atoms with E-state index in [0.717, 1.165) is 47.7 Å². The Bertz CT molecular complexity index is 1450. The number of hydrogen-bond acceptors (Lipinski definition) is 5. The molecule has 1 saturated carbocycles. The molecule has 3 atom stereocenters. The van der Waals surface area contributed by atoms with Crippen LogP contribution in [-0.4, -0.2) is 57.5 Å². The predicted octanol–water partition coefficient (Wildman–Crippen LogP) is 7.65. The van der Waals surface area contributed by atoms with Crippen molar-refractivity contribution in [2.75, 3.05) is 26.2 Å². The molecule has 1 unspecified atom stereocenters. The summed E-state index contributed by atoms with van der Waals surface area (Å²) in [7, 11) is 0. The first-order chi connectivity index (χ1) is 20.2. The minimum Gasteiger partial charge on any atom is -0.340 e. The van der Waals surface area contributed by atoms with E-state index in [-0.39, 0.29) is 23.4 Å². The van der Waals surface area contributed by atoms with Crippen molar-refractivity contribution in [3.8, 4) is 10.4 Å². The predicted molar refractivity (Wildman–Crippen MR) is 173 cm³/mol. The third kappa shape index (κ3) is 6.34. The lowest BCUT2D eigenvalue weighted by Crippen LogP contribution is -2.38. The lowest BCUT2D eigenvalue weighted by atomic mass is 9.75. The number of thiophene rings is 1. The molecule has 2 saturated heterocycles. The first-order valence-electron chi connectivity index (χ1n) is 16.0. The smallest absolute Gasteiger partial charge is 0.271 e. The molecule has 0 bridgehead atoms. The second-order valence-corrected chi connectivity index (χ2v) is 15.2. The molecule has 2 aromatic heterocycles. The molecule has 226 valence electrons. The van der Waals surface area contributed by atoms with Gasteiger partial charge < -0.3 is 9.80 Å². The summed E-state index contributed by atoms with van der Waals surface area (Å²) in [5.41, 5.74) is 2.26. The zero-order valence-electron chi connectivity index (χ0n) is 25.4. The van der Waals surface area contributed by atoms with Crippen LogP contribution in [0, 0.1) is 17.3 Å². The monoisotopic (exact) mass is 608 g/mol. The maximum Gasteiger partial charge on any atom is 0.271 e. The van der Waals surface area contributed by atoms with Crippen molar-refractivity contribution in [1.82, 2.24) is 19.4 Å². The Hall–Kier alpha value is -2.22. The number of likely N-dealkylation sites (tertiary alicyclic amines) is 2. The molecule has 1 aliphatic carbocycles. The largest absolute Gasteiger partial charge is 0.340 e. The summed E-state index contributed by atoms with van der Waals surface area (Å²) in [5, 5.41) is 0.690. The van der Waals surface area contributed by atoms with E-state index in [0.29, 0.717) is 34.1 Å². The second-order valence-electron chi connectivity index (χ2n) is 13.7. The number of carbonyl (C=O) groups excluding carboxylic acids is 1. The zero-order chi connectivity index (χ0) is 29.4. The third-order valence-electron chi connectivity index (χ3n) is 10.4. The molecule has 2 aliphatic heterocycles. The molecule has 42 heavy (non-hydrogen) atoms. The molecule has 0 radical (unpaired) electrons. The number of fused-ring (bicyclic) bond motifs is 1. The van der Waals surface area contributed by atoms with Crippen molar-refractivity contribution in [1.29, 1.82) is 0 Å². The van der Waals surface area contributed by atoms with Gasteiger partial charge in [-0.2, -0.15) is 0 Å². The van der Waals surface area contributed by atoms with Gasteiger partial charge in [-0.15, -0.1) is 11.3 Å². The van der Waals surface area contributed by atoms with Crippen LogP contribution in [-0.2, 0) is 4.79 Å². The van der Waals surface area contributed by atoms with Crippen LogP contribution in [0.5, 0.6) is 0 Å². The van der Waals surface area contributed by atoms with E-state index in [4.69, 9.17) is 11.6 Å². The highest BCUT2D eigenvalue weighted by Crippen LogP contribution is 2.39. The van der Waals surface area contributed by atoms with Gasteiger partial charge in [-0.3, -0.25) is 14.2 Å². The van der Waals surface area contributed by atoms with E-state index in [1.54, 1.807) is 10.9 Å². The molecule has 3 aromatic rings. The lowest BCUT2D eigenvalue weighted by Gasteiger charge is -2.38. The van der Waals surface area contributed by atoms with Crippen molar-refractivity contribution >= 4 is 39.1 Å². The Morgan fingerprint density at radius 3 is 2.57 bits per heavy atom. The van der Waals surface area contributed by atoms with Crippen LogP contribution in [0.25, 0.3) is 20.7 Å². The van der Waals surface area contributed by atoms with Gasteiger partial charge in [0.25, 0.3) is 5.56 Å². The quantitative estimate of drug-likeness (QED) is 0.264. The fourth-order valence-electron chi connectivity index (χ4n) is 7.49. The molecule has 0 spiro atoms. The van der Waals surface area contributed by atoms with Crippen LogP contribution < -0.4 is 5.56 Å². The van der Waals surface area contributed by atoms with Gasteiger partial charge in [0.15, 0.2) is 0 Å². The lowest BCUT2D eigenvalue weighted by molar-refractivity contribution is -0.135. The Balaban J connectivity index is 1.04. The molecule has 3 fully saturated rings. The van der Waals surface area contributed by atoms with Crippen LogP contribution in [0.3, 0.4) is 0 Å². The molecule has 4 heterocycles. The Labute approximate surface area is 259 Å². The summed E-state index contributed by atoms with van der Waals surface area (Å²) >= 11 is 7.53. The minimum atomic E-state index is -0.0270. The third-order valence-corrected chi connectivity index (χ3v) is 11.8. The fraction of sp³-hybridized carbons (Fsp3) is 0.618. The average molecular weight is 609 g/mol. The standard InChI is InChI=1S/C34H45ClN4O2S/c1-4-24(6-5-23-13-17-37(20-23)27-11-15-34(2,3)16-12-27)32(40)38-18-14-28(21-38)39-22-36-29-19-30(42-31(29)33(39)41)25-7-9-26(35)10-8-25/h7-10,19,22-24,27-28H,4-6,11-18,20-21H2,1-3H3/t23-,24?,28-/m0/s1. The molecular formula is C34H45ClN4O2S. The second kappa shape index (κ2) is 12.4. The highest BCUT2D eigenvalue weighted by molar-refractivity contribution is 7.22. The van der Waals surface area contributed by atoms with Crippen LogP contribution in [0.4, 0.5) is 0 Å². The van der Waals surface area contributed by atoms with Crippen LogP contribution in [0.1, 0.15) is 84.6 Å². The van der Waals surface area contributed by atoms with Gasteiger partial charge in [-0.05, 0) is 99.4 Å². The van der Waals surface area contributed by atoms with Crippen molar-refractivity contribution < 1.29 is 4.79 Å². The molecule has 0 N–H and O–H groups in total. The number of aromatic nitrogens is 2. The molecule has 1 aromatic carbocycles. The number of nitrogens with zero attached hydrogens (tertiary/aromatic N) is 4. The van der Waals surface area contributed by atoms with E-state index in [1.807, 2.05) is 35.2 Å². The van der Waals surface area contributed by atoms with Crippen molar-refractivity contribution in [2.24, 2.45) is 17.3 Å². The van der Waals surface area contributed by atoms with Gasteiger partial charge in [0.05, 0.1) is 17.9 Å². The first kappa shape index (κ1) is 29.8. The van der Waals surface area contributed by atoms with E-state index in [2.05, 4.69) is 30.7 Å². The molecule has 8 heteroatoms. The summed E-state index contributed by atoms with van der Waals surface area (Å²) in [6, 6.07) is 10.4. The summed E-state index contributed by atoms with van der Waals surface area (Å²) in [6.07, 6.45) is 12.1. The molecule has 1 amide bonds. The zero-order valence-corrected chi connectivity index (χ0v) is 26.9. The Morgan fingerprint density at radius 1 is 1.07 bits per heavy atom. The topological polar surface area (TPSA) is 58.4 Å². The normalized spacial score (nSPS) is 24.0. The van der Waals surface area contributed by atoms with Crippen LogP contribution in [0.15, 0.2) is 41.5 Å². The molecule has 3 aliphatic rings. The number of amides is 1. The summed E-state index contributed by atoms with van der Waals surface area (Å²) in [5.74, 6) is 1.06. The maximum atomic E-state index is 13.6. The molecule has 6 nitrogen and oxygen atoms in total. The van der Waals surface area contributed by atoms with E-state index in [1.165, 1.54) is 56.5 Å². The SMILES string of the molecule is CCC(CC[C@H]1CCN(C2CCC(C)(C)CC2)C1)C(=O)N1CC[C@H](n2cnc3cc(-c4ccc(Cl)cc4)sc3c2=O)C1. The average Bonchev–Trinajstić information content (AvgIpc) is 3.74. The van der Waals surface area contributed by atoms with Crippen molar-refractivity contribution in [3.05, 3.63) is 52.0 Å². The summed E-state index contributed by atoms with van der Waals surface area (Å²) in [4.78, 5) is 37.5. The van der Waals surface area contributed by atoms with Crippen LogP contribution >= 0.6 is 22.9 Å². The van der Waals surface area contributed by atoms with Gasteiger partial charge in [0, 0.05) is 41.5 Å². The van der Waals surface area contributed by atoms with E-state index >= 15 is 0 Å². The first-order valence-corrected chi connectivity index (χ1v) is 17.2. The van der Waals surface area contributed by atoms with Crippen molar-refractivity contribution in [3.63, 3.8) is 0 Å². The van der Waals surface area contributed by atoms with E-state index < -0.39 is 0 Å². The number of rotatable bonds is 8. The van der Waals surface area contributed by atoms with Gasteiger partial charge in [-0.25, -0.2) is 4.98 Å². The van der Waals surface area contributed by atoms with Gasteiger partial charge in [-0.1, -0.05) is 44.5 Å². The highest BCUT2D eigenvalue weighted by Gasteiger charge is 2.35. The summed E-state index contributed by atoms with van der Waals surface area (Å²) < 4.78 is 2.43. The van der Waals surface area contributed by atoms with Gasteiger partial charge in [0.1, 0.15) is 4.70 Å². The molecular weight excluding hydrogens is 564 g/mol. The van der Waals surface area contributed by atoms with Gasteiger partial charge >= 0.3 is 0 Å². The Kier molecular flexibility index (Phi) is 8.82. The van der Waals surface area contributed by atoms with Crippen LogP contribution in [0.2, 0.25) is 5.02 Å². The number of halogens is 1. The maximum absolute atomic E-state index is 13.6. The van der Waals surface area contributed by atoms with Crippen molar-refractivity contribution in [2.45, 2.75) is 90.6 Å². The number of hydrogen-bond donors (Lipinski definition) is 0. The fourth-order valence-corrected chi connectivity index (χ4v) is 8.67. The highest BCUT2D eigenvalue weighted by atomic mass is 35.5. The van der Waals surface area contributed by atoms with E-state index in [9.17, 15) is 9.59 Å². The summed E-state index contributed by atoms with van der Waals surface area (Å²) in [6.45, 7) is 10.7. The Morgan fingerprint density at radius 2 is 1.83 bits per heavy atom. The minimum absolute atomic E-state index is 0.0103. The molecule has 6 rings (SSSR count). The number of carbonyl (C=O) groups is 1. The van der Waals surface area contributed by atoms with Gasteiger partial charge in [0.2, 0.25) is 5.91 Å². The number of benzene rings is 1.